The summed E-state index contributed by atoms with van der Waals surface area (Å²) in [6.07, 6.45) is 8.35. The van der Waals surface area contributed by atoms with E-state index in [1.807, 2.05) is 12.2 Å². The van der Waals surface area contributed by atoms with Gasteiger partial charge in [0.2, 0.25) is 5.91 Å². The number of anilines is 1. The van der Waals surface area contributed by atoms with Gasteiger partial charge in [-0.05, 0) is 42.5 Å². The minimum atomic E-state index is -5.62. The second-order valence-corrected chi connectivity index (χ2v) is 11.5. The zero-order chi connectivity index (χ0) is 29.5. The first-order valence-electron chi connectivity index (χ1n) is 12.3. The van der Waals surface area contributed by atoms with Gasteiger partial charge in [0.15, 0.2) is 0 Å². The highest BCUT2D eigenvalue weighted by molar-refractivity contribution is 7.92. The third-order valence-electron chi connectivity index (χ3n) is 7.15. The Bertz CT molecular complexity index is 1650. The molecule has 3 aromatic rings. The number of rotatable bonds is 7. The third kappa shape index (κ3) is 5.26. The van der Waals surface area contributed by atoms with Crippen molar-refractivity contribution in [3.63, 3.8) is 0 Å². The summed E-state index contributed by atoms with van der Waals surface area (Å²) < 4.78 is 82.7. The van der Waals surface area contributed by atoms with Crippen LogP contribution in [-0.4, -0.2) is 48.9 Å². The first-order valence-corrected chi connectivity index (χ1v) is 13.7. The molecular weight excluding hydrogens is 568 g/mol. The van der Waals surface area contributed by atoms with Crippen molar-refractivity contribution in [1.82, 2.24) is 15.3 Å². The van der Waals surface area contributed by atoms with Gasteiger partial charge in [-0.25, -0.2) is 12.8 Å². The molecule has 41 heavy (non-hydrogen) atoms. The van der Waals surface area contributed by atoms with Crippen LogP contribution in [0.25, 0.3) is 11.3 Å². The summed E-state index contributed by atoms with van der Waals surface area (Å²) in [7, 11) is -4.34. The number of carbonyl (C=O) groups excluding carboxylic acids is 2. The van der Waals surface area contributed by atoms with Crippen LogP contribution in [-0.2, 0) is 14.6 Å². The Kier molecular flexibility index (Phi) is 7.28. The monoisotopic (exact) mass is 590 g/mol. The largest absolute Gasteiger partial charge is 0.501 e. The van der Waals surface area contributed by atoms with Gasteiger partial charge < -0.3 is 15.4 Å². The van der Waals surface area contributed by atoms with Crippen molar-refractivity contribution in [2.24, 2.45) is 17.8 Å². The minimum Gasteiger partial charge on any atom is -0.496 e. The van der Waals surface area contributed by atoms with E-state index in [4.69, 9.17) is 4.74 Å². The topological polar surface area (TPSA) is 127 Å². The number of amides is 2. The summed E-state index contributed by atoms with van der Waals surface area (Å²) in [6.45, 7) is 0. The molecule has 4 atom stereocenters. The summed E-state index contributed by atoms with van der Waals surface area (Å²) in [5.74, 6) is -3.30. The van der Waals surface area contributed by atoms with Crippen molar-refractivity contribution < 1.29 is 40.3 Å². The standard InChI is InChI=1S/C27H22F4N4O5S/c1-40-22-12-20(28)18(21-13-32-7-8-33-21)11-19(22)25(36)35-24-15-6-5-14(9-15)23(24)26(37)34-16-3-2-4-17(10-16)41(38,39)27(29,30)31/h2-8,10-15,23-24H,9H2,1H3,(H,34,37)(H,35,36)/t14-,15+,23+,24-/m1/s1. The van der Waals surface area contributed by atoms with Crippen LogP contribution in [0.15, 0.2) is 72.0 Å². The number of nitrogens with zero attached hydrogens (tertiary/aromatic N) is 2. The van der Waals surface area contributed by atoms with Crippen LogP contribution in [0.5, 0.6) is 5.75 Å². The Labute approximate surface area is 231 Å². The number of nitrogens with one attached hydrogen (secondary N) is 2. The number of hydrogen-bond acceptors (Lipinski definition) is 7. The van der Waals surface area contributed by atoms with E-state index < -0.39 is 49.8 Å². The Morgan fingerprint density at radius 3 is 2.51 bits per heavy atom. The average Bonchev–Trinajstić information content (AvgIpc) is 3.55. The lowest BCUT2D eigenvalue weighted by atomic mass is 9.87. The SMILES string of the molecule is COc1cc(F)c(-c2cnccn2)cc1C(=O)N[C@H]1[C@@H](C(=O)Nc2cccc(S(=O)(=O)C(F)(F)F)c2)[C@@H]2C=C[C@H]1C2. The van der Waals surface area contributed by atoms with E-state index in [2.05, 4.69) is 20.6 Å². The highest BCUT2D eigenvalue weighted by atomic mass is 32.2. The maximum absolute atomic E-state index is 14.8. The smallest absolute Gasteiger partial charge is 0.496 e. The van der Waals surface area contributed by atoms with Crippen LogP contribution in [0.1, 0.15) is 16.8 Å². The molecule has 0 unspecified atom stereocenters. The number of aromatic nitrogens is 2. The molecule has 1 fully saturated rings. The second kappa shape index (κ2) is 10.6. The van der Waals surface area contributed by atoms with Crippen LogP contribution in [0.2, 0.25) is 0 Å². The molecule has 214 valence electrons. The number of fused-ring (bicyclic) bond motifs is 2. The number of halogens is 4. The zero-order valence-electron chi connectivity index (χ0n) is 21.2. The number of sulfone groups is 1. The number of alkyl halides is 3. The Morgan fingerprint density at radius 2 is 1.83 bits per heavy atom. The highest BCUT2D eigenvalue weighted by Gasteiger charge is 2.49. The number of ether oxygens (including phenoxy) is 1. The fourth-order valence-corrected chi connectivity index (χ4v) is 6.05. The van der Waals surface area contributed by atoms with Gasteiger partial charge in [0, 0.05) is 35.8 Å². The van der Waals surface area contributed by atoms with Crippen molar-refractivity contribution in [2.75, 3.05) is 12.4 Å². The summed E-state index contributed by atoms with van der Waals surface area (Å²) in [6, 6.07) is 5.48. The summed E-state index contributed by atoms with van der Waals surface area (Å²) >= 11 is 0. The van der Waals surface area contributed by atoms with Crippen LogP contribution in [0.4, 0.5) is 23.2 Å². The minimum absolute atomic E-state index is 0.00878. The average molecular weight is 591 g/mol. The van der Waals surface area contributed by atoms with Gasteiger partial charge in [-0.1, -0.05) is 18.2 Å². The molecule has 2 bridgehead atoms. The van der Waals surface area contributed by atoms with E-state index in [1.165, 1.54) is 37.8 Å². The summed E-state index contributed by atoms with van der Waals surface area (Å²) in [5.41, 5.74) is -5.46. The van der Waals surface area contributed by atoms with Crippen molar-refractivity contribution >= 4 is 27.3 Å². The quantitative estimate of drug-likeness (QED) is 0.313. The van der Waals surface area contributed by atoms with Gasteiger partial charge >= 0.3 is 5.51 Å². The van der Waals surface area contributed by atoms with E-state index in [0.29, 0.717) is 6.42 Å². The number of methoxy groups -OCH3 is 1. The van der Waals surface area contributed by atoms with E-state index in [1.54, 1.807) is 0 Å². The van der Waals surface area contributed by atoms with Gasteiger partial charge in [0.1, 0.15) is 11.6 Å². The van der Waals surface area contributed by atoms with Crippen molar-refractivity contribution in [2.45, 2.75) is 22.9 Å². The van der Waals surface area contributed by atoms with Crippen molar-refractivity contribution in [1.29, 1.82) is 0 Å². The van der Waals surface area contributed by atoms with E-state index >= 15 is 0 Å². The van der Waals surface area contributed by atoms with Crippen LogP contribution >= 0.6 is 0 Å². The number of carbonyl (C=O) groups is 2. The lowest BCUT2D eigenvalue weighted by molar-refractivity contribution is -0.121. The molecule has 2 aliphatic rings. The van der Waals surface area contributed by atoms with E-state index in [-0.39, 0.29) is 40.1 Å². The van der Waals surface area contributed by atoms with Crippen LogP contribution < -0.4 is 15.4 Å². The van der Waals surface area contributed by atoms with E-state index in [9.17, 15) is 35.6 Å². The first kappa shape index (κ1) is 28.2. The van der Waals surface area contributed by atoms with Crippen molar-refractivity contribution in [3.05, 3.63) is 78.5 Å². The fraction of sp³-hybridized carbons (Fsp3) is 0.259. The lowest BCUT2D eigenvalue weighted by Crippen LogP contribution is -2.47. The Morgan fingerprint density at radius 1 is 1.07 bits per heavy atom. The summed E-state index contributed by atoms with van der Waals surface area (Å²) in [4.78, 5) is 33.8. The molecule has 0 radical (unpaired) electrons. The zero-order valence-corrected chi connectivity index (χ0v) is 22.0. The van der Waals surface area contributed by atoms with Gasteiger partial charge in [-0.2, -0.15) is 13.2 Å². The predicted octanol–water partition coefficient (Wildman–Crippen LogP) is 4.14. The number of allylic oxidation sites excluding steroid dienone is 1. The molecule has 1 aromatic heterocycles. The molecule has 1 saturated carbocycles. The molecule has 1 heterocycles. The van der Waals surface area contributed by atoms with E-state index in [0.717, 1.165) is 24.3 Å². The molecule has 0 aliphatic heterocycles. The fourth-order valence-electron chi connectivity index (χ4n) is 5.24. The van der Waals surface area contributed by atoms with Gasteiger partial charge in [-0.3, -0.25) is 19.6 Å². The molecule has 9 nitrogen and oxygen atoms in total. The van der Waals surface area contributed by atoms with Crippen LogP contribution in [0, 0.1) is 23.6 Å². The third-order valence-corrected chi connectivity index (χ3v) is 8.63. The van der Waals surface area contributed by atoms with Gasteiger partial charge in [-0.15, -0.1) is 0 Å². The number of benzene rings is 2. The summed E-state index contributed by atoms with van der Waals surface area (Å²) in [5, 5.41) is 5.33. The molecule has 2 aromatic carbocycles. The molecular formula is C27H22F4N4O5S. The molecule has 5 rings (SSSR count). The Balaban J connectivity index is 1.40. The predicted molar refractivity (Wildman–Crippen MR) is 138 cm³/mol. The maximum atomic E-state index is 14.8. The molecule has 2 amide bonds. The van der Waals surface area contributed by atoms with Crippen molar-refractivity contribution in [3.8, 4) is 17.0 Å². The second-order valence-electron chi connectivity index (χ2n) is 9.56. The lowest BCUT2D eigenvalue weighted by Gasteiger charge is -2.28. The maximum Gasteiger partial charge on any atom is 0.501 e. The van der Waals surface area contributed by atoms with Crippen LogP contribution in [0.3, 0.4) is 0 Å². The number of hydrogen-bond donors (Lipinski definition) is 2. The van der Waals surface area contributed by atoms with Gasteiger partial charge in [0.25, 0.3) is 15.7 Å². The normalized spacial score (nSPS) is 21.5. The molecule has 0 spiro atoms. The molecule has 14 heteroatoms. The highest BCUT2D eigenvalue weighted by Crippen LogP contribution is 2.44. The Hall–Kier alpha value is -4.33. The molecule has 2 aliphatic carbocycles. The molecule has 2 N–H and O–H groups in total. The van der Waals surface area contributed by atoms with Gasteiger partial charge in [0.05, 0.1) is 35.4 Å². The first-order chi connectivity index (χ1) is 19.4. The molecule has 0 saturated heterocycles.